The molecule has 18 heavy (non-hydrogen) atoms. The number of carbonyl (C=O) groups excluding carboxylic acids is 1. The summed E-state index contributed by atoms with van der Waals surface area (Å²) >= 11 is 1.69. The smallest absolute Gasteiger partial charge is 0.254 e. The van der Waals surface area contributed by atoms with Crippen molar-refractivity contribution in [2.75, 3.05) is 19.1 Å². The number of hydrogen-bond acceptors (Lipinski definition) is 4. The molecule has 5 heteroatoms. The third-order valence-electron chi connectivity index (χ3n) is 2.85. The van der Waals surface area contributed by atoms with Crippen LogP contribution < -0.4 is 0 Å². The molecule has 1 atom stereocenters. The van der Waals surface area contributed by atoms with Crippen molar-refractivity contribution in [3.8, 4) is 11.5 Å². The fraction of sp³-hybridized carbons (Fsp3) is 0.462. The highest BCUT2D eigenvalue weighted by atomic mass is 32.2. The van der Waals surface area contributed by atoms with E-state index in [1.165, 1.54) is 18.2 Å². The van der Waals surface area contributed by atoms with Gasteiger partial charge in [0.2, 0.25) is 0 Å². The van der Waals surface area contributed by atoms with Gasteiger partial charge in [-0.2, -0.15) is 11.8 Å². The van der Waals surface area contributed by atoms with Gasteiger partial charge < -0.3 is 15.1 Å². The summed E-state index contributed by atoms with van der Waals surface area (Å²) in [6.45, 7) is 2.03. The summed E-state index contributed by atoms with van der Waals surface area (Å²) in [5.74, 6) is 0.459. The van der Waals surface area contributed by atoms with Crippen LogP contribution in [0.5, 0.6) is 11.5 Å². The molecule has 1 unspecified atom stereocenters. The van der Waals surface area contributed by atoms with Crippen molar-refractivity contribution in [3.05, 3.63) is 23.8 Å². The Balaban J connectivity index is 2.91. The van der Waals surface area contributed by atoms with Crippen LogP contribution in [0.4, 0.5) is 0 Å². The monoisotopic (exact) mass is 269 g/mol. The van der Waals surface area contributed by atoms with Gasteiger partial charge in [-0.1, -0.05) is 6.92 Å². The van der Waals surface area contributed by atoms with Crippen molar-refractivity contribution < 1.29 is 15.0 Å². The maximum absolute atomic E-state index is 12.2. The van der Waals surface area contributed by atoms with Gasteiger partial charge in [-0.05, 0) is 24.8 Å². The molecule has 4 nitrogen and oxygen atoms in total. The molecule has 0 saturated carbocycles. The zero-order valence-electron chi connectivity index (χ0n) is 10.9. The maximum atomic E-state index is 12.2. The molecular formula is C13H19NO3S. The molecule has 2 N–H and O–H groups in total. The second-order valence-corrected chi connectivity index (χ2v) is 5.08. The zero-order chi connectivity index (χ0) is 13.7. The first-order chi connectivity index (χ1) is 8.49. The summed E-state index contributed by atoms with van der Waals surface area (Å²) in [7, 11) is 1.74. The van der Waals surface area contributed by atoms with E-state index >= 15 is 0 Å². The van der Waals surface area contributed by atoms with Gasteiger partial charge in [0, 0.05) is 30.5 Å². The first kappa shape index (κ1) is 14.7. The molecule has 0 heterocycles. The quantitative estimate of drug-likeness (QED) is 0.861. The molecule has 0 bridgehead atoms. The van der Waals surface area contributed by atoms with E-state index < -0.39 is 0 Å². The van der Waals surface area contributed by atoms with Crippen molar-refractivity contribution in [1.29, 1.82) is 0 Å². The molecule has 100 valence electrons. The standard InChI is InChI=1S/C13H19NO3S/c1-4-10(8-18-3)14(2)13(17)9-5-11(15)7-12(16)6-9/h5-7,10,15-16H,4,8H2,1-3H3. The molecule has 0 aromatic heterocycles. The topological polar surface area (TPSA) is 60.8 Å². The van der Waals surface area contributed by atoms with Crippen LogP contribution in [-0.2, 0) is 0 Å². The van der Waals surface area contributed by atoms with Crippen molar-refractivity contribution in [2.45, 2.75) is 19.4 Å². The zero-order valence-corrected chi connectivity index (χ0v) is 11.7. The number of aromatic hydroxyl groups is 2. The van der Waals surface area contributed by atoms with Crippen LogP contribution in [0, 0.1) is 0 Å². The van der Waals surface area contributed by atoms with Gasteiger partial charge in [-0.15, -0.1) is 0 Å². The summed E-state index contributed by atoms with van der Waals surface area (Å²) in [6.07, 6.45) is 2.87. The normalized spacial score (nSPS) is 12.2. The Kier molecular flexibility index (Phi) is 5.34. The Labute approximate surface area is 112 Å². The summed E-state index contributed by atoms with van der Waals surface area (Å²) in [5.41, 5.74) is 0.301. The third kappa shape index (κ3) is 3.57. The predicted octanol–water partition coefficient (Wildman–Crippen LogP) is 2.31. The average molecular weight is 269 g/mol. The van der Waals surface area contributed by atoms with Crippen molar-refractivity contribution in [1.82, 2.24) is 4.90 Å². The van der Waals surface area contributed by atoms with Crippen LogP contribution in [0.1, 0.15) is 23.7 Å². The summed E-state index contributed by atoms with van der Waals surface area (Å²) in [4.78, 5) is 13.9. The van der Waals surface area contributed by atoms with Crippen LogP contribution in [-0.4, -0.2) is 46.1 Å². The number of nitrogens with zero attached hydrogens (tertiary/aromatic N) is 1. The number of phenols is 2. The predicted molar refractivity (Wildman–Crippen MR) is 74.3 cm³/mol. The SMILES string of the molecule is CCC(CSC)N(C)C(=O)c1cc(O)cc(O)c1. The Hall–Kier alpha value is -1.36. The first-order valence-corrected chi connectivity index (χ1v) is 7.18. The minimum absolute atomic E-state index is 0.107. The van der Waals surface area contributed by atoms with Crippen LogP contribution in [0.2, 0.25) is 0 Å². The lowest BCUT2D eigenvalue weighted by molar-refractivity contribution is 0.0743. The van der Waals surface area contributed by atoms with Gasteiger partial charge in [-0.25, -0.2) is 0 Å². The molecule has 0 radical (unpaired) electrons. The summed E-state index contributed by atoms with van der Waals surface area (Å²) < 4.78 is 0. The van der Waals surface area contributed by atoms with Crippen LogP contribution in [0.25, 0.3) is 0 Å². The highest BCUT2D eigenvalue weighted by molar-refractivity contribution is 7.98. The number of amides is 1. The van der Waals surface area contributed by atoms with Gasteiger partial charge in [0.25, 0.3) is 5.91 Å². The van der Waals surface area contributed by atoms with Crippen LogP contribution in [0.15, 0.2) is 18.2 Å². The van der Waals surface area contributed by atoms with Gasteiger partial charge in [0.1, 0.15) is 11.5 Å². The molecule has 0 aliphatic heterocycles. The lowest BCUT2D eigenvalue weighted by Crippen LogP contribution is -2.38. The van der Waals surface area contributed by atoms with Gasteiger partial charge in [0.05, 0.1) is 0 Å². The number of carbonyl (C=O) groups is 1. The van der Waals surface area contributed by atoms with Crippen LogP contribution in [0.3, 0.4) is 0 Å². The second-order valence-electron chi connectivity index (χ2n) is 4.17. The Morgan fingerprint density at radius 3 is 2.33 bits per heavy atom. The Bertz CT molecular complexity index is 402. The van der Waals surface area contributed by atoms with Gasteiger partial charge in [-0.3, -0.25) is 4.79 Å². The van der Waals surface area contributed by atoms with E-state index in [0.717, 1.165) is 12.2 Å². The molecule has 1 aromatic rings. The molecule has 0 fully saturated rings. The maximum Gasteiger partial charge on any atom is 0.254 e. The minimum Gasteiger partial charge on any atom is -0.508 e. The Morgan fingerprint density at radius 1 is 1.33 bits per heavy atom. The van der Waals surface area contributed by atoms with E-state index in [4.69, 9.17) is 0 Å². The molecule has 0 saturated heterocycles. The summed E-state index contributed by atoms with van der Waals surface area (Å²) in [5, 5.41) is 18.8. The van der Waals surface area contributed by atoms with E-state index in [2.05, 4.69) is 0 Å². The Morgan fingerprint density at radius 2 is 1.89 bits per heavy atom. The lowest BCUT2D eigenvalue weighted by atomic mass is 10.1. The number of hydrogen-bond donors (Lipinski definition) is 2. The molecule has 1 aromatic carbocycles. The van der Waals surface area contributed by atoms with E-state index in [0.29, 0.717) is 5.56 Å². The van der Waals surface area contributed by atoms with E-state index in [1.54, 1.807) is 23.7 Å². The molecule has 1 rings (SSSR count). The number of thioether (sulfide) groups is 1. The molecule has 1 amide bonds. The number of phenolic OH excluding ortho intramolecular Hbond substituents is 2. The number of benzene rings is 1. The largest absolute Gasteiger partial charge is 0.508 e. The fourth-order valence-corrected chi connectivity index (χ4v) is 2.63. The van der Waals surface area contributed by atoms with Crippen molar-refractivity contribution >= 4 is 17.7 Å². The van der Waals surface area contributed by atoms with Crippen molar-refractivity contribution in [2.24, 2.45) is 0 Å². The van der Waals surface area contributed by atoms with E-state index in [1.807, 2.05) is 13.2 Å². The van der Waals surface area contributed by atoms with E-state index in [9.17, 15) is 15.0 Å². The first-order valence-electron chi connectivity index (χ1n) is 5.78. The van der Waals surface area contributed by atoms with Crippen LogP contribution >= 0.6 is 11.8 Å². The molecule has 0 spiro atoms. The average Bonchev–Trinajstić information content (AvgIpc) is 2.33. The molecule has 0 aliphatic carbocycles. The highest BCUT2D eigenvalue weighted by Gasteiger charge is 2.20. The lowest BCUT2D eigenvalue weighted by Gasteiger charge is -2.26. The minimum atomic E-state index is -0.192. The second kappa shape index (κ2) is 6.54. The molecular weight excluding hydrogens is 250 g/mol. The number of rotatable bonds is 5. The highest BCUT2D eigenvalue weighted by Crippen LogP contribution is 2.22. The summed E-state index contributed by atoms with van der Waals surface area (Å²) in [6, 6.07) is 4.09. The fourth-order valence-electron chi connectivity index (χ4n) is 1.78. The molecule has 0 aliphatic rings. The van der Waals surface area contributed by atoms with E-state index in [-0.39, 0.29) is 23.4 Å². The van der Waals surface area contributed by atoms with Gasteiger partial charge in [0.15, 0.2) is 0 Å². The third-order valence-corrected chi connectivity index (χ3v) is 3.57. The van der Waals surface area contributed by atoms with Crippen molar-refractivity contribution in [3.63, 3.8) is 0 Å². The van der Waals surface area contributed by atoms with Gasteiger partial charge >= 0.3 is 0 Å².